The number of rotatable bonds is 6. The second-order valence-corrected chi connectivity index (χ2v) is 11.1. The lowest BCUT2D eigenvalue weighted by Gasteiger charge is -2.11. The molecule has 4 aromatic rings. The molecule has 2 aromatic heterocycles. The summed E-state index contributed by atoms with van der Waals surface area (Å²) in [5.41, 5.74) is 1.65. The Bertz CT molecular complexity index is 1670. The maximum absolute atomic E-state index is 12.5. The number of hydrogen-bond acceptors (Lipinski definition) is 8. The molecule has 0 aliphatic heterocycles. The van der Waals surface area contributed by atoms with Gasteiger partial charge in [-0.2, -0.15) is 0 Å². The van der Waals surface area contributed by atoms with Crippen molar-refractivity contribution in [2.45, 2.75) is 18.7 Å². The van der Waals surface area contributed by atoms with E-state index in [1.807, 2.05) is 0 Å². The molecule has 9 nitrogen and oxygen atoms in total. The molecule has 0 aliphatic rings. The molecule has 39 heavy (non-hydrogen) atoms. The fourth-order valence-electron chi connectivity index (χ4n) is 2.94. The molecule has 1 N–H and O–H groups in total. The molecule has 0 spiro atoms. The highest BCUT2D eigenvalue weighted by atomic mass is 35.5. The quantitative estimate of drug-likeness (QED) is 0.219. The van der Waals surface area contributed by atoms with Crippen LogP contribution in [-0.2, 0) is 10.0 Å². The predicted molar refractivity (Wildman–Crippen MR) is 152 cm³/mol. The Morgan fingerprint density at radius 2 is 1.33 bits per heavy atom. The summed E-state index contributed by atoms with van der Waals surface area (Å²) in [5, 5.41) is 0.323. The second-order valence-electron chi connectivity index (χ2n) is 7.57. The molecule has 0 aliphatic carbocycles. The van der Waals surface area contributed by atoms with Gasteiger partial charge in [0.1, 0.15) is 21.4 Å². The molecule has 15 heteroatoms. The Hall–Kier alpha value is -2.86. The minimum absolute atomic E-state index is 0.00498. The van der Waals surface area contributed by atoms with Crippen LogP contribution in [0.1, 0.15) is 34.8 Å². The zero-order chi connectivity index (χ0) is 28.9. The number of hydrogen-bond donors (Lipinski definition) is 1. The SMILES string of the molecule is CC(=O)c1ncc(-c2ccc(NS(=O)(=O)c3cccc(Cl)c3Cl)cc2)nc1Cl.CC(=O)c1ncc(Cl)nc1Cl. The standard InChI is InChI=1S/C18H12Cl3N3O3S.C6H4Cl2N2O/c1-10(25)17-18(21)23-14(9-22-17)11-5-7-12(8-6-11)24-28(26,27)15-4-2-3-13(19)16(15)20;1-3(11)5-6(8)10-4(7)2-9-5/h2-9,24H,1H3;2H,1H3. The van der Waals surface area contributed by atoms with Crippen LogP contribution in [0.25, 0.3) is 11.3 Å². The Labute approximate surface area is 248 Å². The molecule has 202 valence electrons. The predicted octanol–water partition coefficient (Wildman–Crippen LogP) is 7.09. The fourth-order valence-corrected chi connectivity index (χ4v) is 5.48. The van der Waals surface area contributed by atoms with Crippen molar-refractivity contribution in [2.24, 2.45) is 0 Å². The fraction of sp³-hybridized carbons (Fsp3) is 0.0833. The van der Waals surface area contributed by atoms with Crippen molar-refractivity contribution in [1.29, 1.82) is 0 Å². The summed E-state index contributed by atoms with van der Waals surface area (Å²) in [6.07, 6.45) is 2.71. The van der Waals surface area contributed by atoms with E-state index in [0.717, 1.165) is 0 Å². The van der Waals surface area contributed by atoms with Gasteiger partial charge < -0.3 is 0 Å². The summed E-state index contributed by atoms with van der Waals surface area (Å²) in [6.45, 7) is 2.71. The van der Waals surface area contributed by atoms with Gasteiger partial charge >= 0.3 is 0 Å². The number of sulfonamides is 1. The first-order valence-corrected chi connectivity index (χ1v) is 14.0. The number of carbonyl (C=O) groups excluding carboxylic acids is 2. The highest BCUT2D eigenvalue weighted by molar-refractivity contribution is 7.92. The van der Waals surface area contributed by atoms with Crippen molar-refractivity contribution in [2.75, 3.05) is 4.72 Å². The molecule has 0 fully saturated rings. The van der Waals surface area contributed by atoms with Gasteiger partial charge in [-0.1, -0.05) is 76.2 Å². The Morgan fingerprint density at radius 1 is 0.769 bits per heavy atom. The third-order valence-electron chi connectivity index (χ3n) is 4.74. The molecule has 0 atom stereocenters. The van der Waals surface area contributed by atoms with E-state index >= 15 is 0 Å². The molecule has 0 saturated carbocycles. The van der Waals surface area contributed by atoms with Crippen LogP contribution in [0.2, 0.25) is 25.5 Å². The number of anilines is 1. The van der Waals surface area contributed by atoms with E-state index in [2.05, 4.69) is 24.7 Å². The van der Waals surface area contributed by atoms with Crippen LogP contribution >= 0.6 is 58.0 Å². The lowest BCUT2D eigenvalue weighted by atomic mass is 10.1. The van der Waals surface area contributed by atoms with Crippen LogP contribution in [0, 0.1) is 0 Å². The summed E-state index contributed by atoms with van der Waals surface area (Å²) in [4.78, 5) is 37.5. The monoisotopic (exact) mass is 645 g/mol. The molecule has 0 bridgehead atoms. The number of ketones is 2. The topological polar surface area (TPSA) is 132 Å². The summed E-state index contributed by atoms with van der Waals surface area (Å²) in [6, 6.07) is 10.8. The number of Topliss-reactive ketones (excluding diaryl/α,β-unsaturated/α-hetero) is 2. The van der Waals surface area contributed by atoms with Gasteiger partial charge in [0.15, 0.2) is 21.9 Å². The summed E-state index contributed by atoms with van der Waals surface area (Å²) < 4.78 is 27.5. The summed E-state index contributed by atoms with van der Waals surface area (Å²) >= 11 is 28.9. The van der Waals surface area contributed by atoms with E-state index < -0.39 is 10.0 Å². The molecule has 2 heterocycles. The number of nitrogens with one attached hydrogen (secondary N) is 1. The Balaban J connectivity index is 0.000000320. The molecule has 0 amide bonds. The number of benzene rings is 2. The average Bonchev–Trinajstić information content (AvgIpc) is 2.85. The van der Waals surface area contributed by atoms with E-state index in [9.17, 15) is 18.0 Å². The van der Waals surface area contributed by atoms with Crippen molar-refractivity contribution in [1.82, 2.24) is 19.9 Å². The van der Waals surface area contributed by atoms with Crippen molar-refractivity contribution < 1.29 is 18.0 Å². The molecule has 0 saturated heterocycles. The number of nitrogens with zero attached hydrogens (tertiary/aromatic N) is 4. The Morgan fingerprint density at radius 3 is 1.87 bits per heavy atom. The van der Waals surface area contributed by atoms with Gasteiger partial charge in [0.25, 0.3) is 10.0 Å². The van der Waals surface area contributed by atoms with Crippen LogP contribution < -0.4 is 4.72 Å². The molecule has 2 aromatic carbocycles. The Kier molecular flexibility index (Phi) is 10.2. The molecule has 0 unspecified atom stereocenters. The van der Waals surface area contributed by atoms with Gasteiger partial charge in [0, 0.05) is 25.1 Å². The number of halogens is 5. The van der Waals surface area contributed by atoms with Crippen molar-refractivity contribution in [3.63, 3.8) is 0 Å². The van der Waals surface area contributed by atoms with Crippen molar-refractivity contribution in [3.05, 3.63) is 91.8 Å². The normalized spacial score (nSPS) is 10.8. The highest BCUT2D eigenvalue weighted by Gasteiger charge is 2.20. The smallest absolute Gasteiger partial charge is 0.263 e. The first kappa shape index (κ1) is 30.7. The summed E-state index contributed by atoms with van der Waals surface area (Å²) in [7, 11) is -3.92. The largest absolute Gasteiger partial charge is 0.293 e. The van der Waals surface area contributed by atoms with E-state index in [1.54, 1.807) is 24.3 Å². The molecular formula is C24H16Cl5N5O4S. The molecule has 4 rings (SSSR count). The average molecular weight is 648 g/mol. The van der Waals surface area contributed by atoms with Crippen LogP contribution in [-0.4, -0.2) is 39.9 Å². The van der Waals surface area contributed by atoms with Gasteiger partial charge in [-0.3, -0.25) is 14.3 Å². The zero-order valence-corrected chi connectivity index (χ0v) is 24.5. The second kappa shape index (κ2) is 13.0. The lowest BCUT2D eigenvalue weighted by molar-refractivity contribution is 0.1000. The number of carbonyl (C=O) groups is 2. The molecule has 0 radical (unpaired) electrons. The number of aromatic nitrogens is 4. The lowest BCUT2D eigenvalue weighted by Crippen LogP contribution is -2.13. The van der Waals surface area contributed by atoms with Crippen molar-refractivity contribution >= 4 is 85.3 Å². The van der Waals surface area contributed by atoms with Gasteiger partial charge in [0.2, 0.25) is 0 Å². The zero-order valence-electron chi connectivity index (χ0n) is 19.9. The van der Waals surface area contributed by atoms with E-state index in [-0.39, 0.29) is 53.4 Å². The third-order valence-corrected chi connectivity index (χ3v) is 7.80. The van der Waals surface area contributed by atoms with E-state index in [1.165, 1.54) is 44.4 Å². The highest BCUT2D eigenvalue weighted by Crippen LogP contribution is 2.30. The summed E-state index contributed by atoms with van der Waals surface area (Å²) in [5.74, 6) is -0.507. The van der Waals surface area contributed by atoms with Crippen LogP contribution in [0.4, 0.5) is 5.69 Å². The van der Waals surface area contributed by atoms with E-state index in [0.29, 0.717) is 16.9 Å². The van der Waals surface area contributed by atoms with Crippen LogP contribution in [0.3, 0.4) is 0 Å². The minimum Gasteiger partial charge on any atom is -0.293 e. The van der Waals surface area contributed by atoms with Gasteiger partial charge in [-0.25, -0.2) is 28.4 Å². The molecular weight excluding hydrogens is 632 g/mol. The first-order valence-electron chi connectivity index (χ1n) is 10.6. The van der Waals surface area contributed by atoms with E-state index in [4.69, 9.17) is 58.0 Å². The van der Waals surface area contributed by atoms with Crippen molar-refractivity contribution in [3.8, 4) is 11.3 Å². The van der Waals surface area contributed by atoms with Crippen LogP contribution in [0.15, 0.2) is 59.8 Å². The maximum atomic E-state index is 12.5. The first-order chi connectivity index (χ1) is 18.3. The maximum Gasteiger partial charge on any atom is 0.263 e. The minimum atomic E-state index is -3.92. The van der Waals surface area contributed by atoms with Gasteiger partial charge in [-0.05, 0) is 24.3 Å². The van der Waals surface area contributed by atoms with Crippen LogP contribution in [0.5, 0.6) is 0 Å². The van der Waals surface area contributed by atoms with Gasteiger partial charge in [-0.15, -0.1) is 0 Å². The van der Waals surface area contributed by atoms with Gasteiger partial charge in [0.05, 0.1) is 28.1 Å². The third kappa shape index (κ3) is 7.84.